The maximum atomic E-state index is 5.94. The highest BCUT2D eigenvalue weighted by atomic mass is 15.2. The fourth-order valence-corrected chi connectivity index (χ4v) is 3.23. The Labute approximate surface area is 127 Å². The first-order chi connectivity index (χ1) is 10.2. The second-order valence-electron chi connectivity index (χ2n) is 6.32. The molecule has 0 radical (unpaired) electrons. The van der Waals surface area contributed by atoms with Crippen LogP contribution in [0.5, 0.6) is 0 Å². The molecule has 1 aromatic carbocycles. The third-order valence-corrected chi connectivity index (χ3v) is 4.75. The Morgan fingerprint density at radius 3 is 2.95 bits per heavy atom. The smallest absolute Gasteiger partial charge is 0.188 e. The summed E-state index contributed by atoms with van der Waals surface area (Å²) in [7, 11) is 0. The summed E-state index contributed by atoms with van der Waals surface area (Å²) in [6.07, 6.45) is 5.14. The van der Waals surface area contributed by atoms with E-state index in [-0.39, 0.29) is 0 Å². The summed E-state index contributed by atoms with van der Waals surface area (Å²) < 4.78 is 0. The quantitative estimate of drug-likeness (QED) is 0.644. The second-order valence-corrected chi connectivity index (χ2v) is 6.32. The van der Waals surface area contributed by atoms with Crippen LogP contribution >= 0.6 is 0 Å². The van der Waals surface area contributed by atoms with Crippen LogP contribution in [-0.2, 0) is 6.42 Å². The third-order valence-electron chi connectivity index (χ3n) is 4.75. The lowest BCUT2D eigenvalue weighted by Gasteiger charge is -2.25. The van der Waals surface area contributed by atoms with Crippen LogP contribution < -0.4 is 16.0 Å². The average Bonchev–Trinajstić information content (AvgIpc) is 2.73. The van der Waals surface area contributed by atoms with Crippen molar-refractivity contribution in [2.24, 2.45) is 16.6 Å². The molecule has 21 heavy (non-hydrogen) atoms. The van der Waals surface area contributed by atoms with Gasteiger partial charge in [-0.05, 0) is 43.7 Å². The van der Waals surface area contributed by atoms with Gasteiger partial charge in [0.05, 0.1) is 0 Å². The fourth-order valence-electron chi connectivity index (χ4n) is 3.23. The molecule has 1 fully saturated rings. The van der Waals surface area contributed by atoms with Gasteiger partial charge in [0, 0.05) is 31.4 Å². The summed E-state index contributed by atoms with van der Waals surface area (Å²) in [5.74, 6) is 1.37. The molecule has 0 saturated heterocycles. The van der Waals surface area contributed by atoms with Gasteiger partial charge in [-0.15, -0.1) is 0 Å². The highest BCUT2D eigenvalue weighted by Crippen LogP contribution is 2.31. The van der Waals surface area contributed by atoms with Crippen LogP contribution in [0.2, 0.25) is 0 Å². The summed E-state index contributed by atoms with van der Waals surface area (Å²) in [6.45, 7) is 4.99. The third kappa shape index (κ3) is 3.31. The minimum absolute atomic E-state index is 0.567. The van der Waals surface area contributed by atoms with E-state index >= 15 is 0 Å². The average molecular weight is 286 g/mol. The molecule has 1 saturated carbocycles. The minimum atomic E-state index is 0.567. The van der Waals surface area contributed by atoms with E-state index in [4.69, 9.17) is 5.73 Å². The maximum absolute atomic E-state index is 5.94. The normalized spacial score (nSPS) is 22.0. The monoisotopic (exact) mass is 286 g/mol. The molecule has 1 atom stereocenters. The van der Waals surface area contributed by atoms with Gasteiger partial charge in [-0.1, -0.05) is 24.6 Å². The standard InChI is InChI=1S/C17H26N4/c1-13-11-15-7-2-3-8-16(15)21(13)10-9-19-17(18)20-12-14-5-4-6-14/h2-3,7-8,13-14H,4-6,9-12H2,1H3,(H3,18,19,20). The van der Waals surface area contributed by atoms with Gasteiger partial charge in [0.25, 0.3) is 0 Å². The Bertz CT molecular complexity index is 507. The summed E-state index contributed by atoms with van der Waals surface area (Å²) in [4.78, 5) is 6.90. The summed E-state index contributed by atoms with van der Waals surface area (Å²) in [5.41, 5.74) is 8.76. The van der Waals surface area contributed by atoms with Gasteiger partial charge >= 0.3 is 0 Å². The Kier molecular flexibility index (Phi) is 4.32. The number of aliphatic imine (C=N–C) groups is 1. The molecule has 3 rings (SSSR count). The van der Waals surface area contributed by atoms with E-state index in [1.165, 1.54) is 30.5 Å². The van der Waals surface area contributed by atoms with Gasteiger partial charge in [0.15, 0.2) is 5.96 Å². The van der Waals surface area contributed by atoms with Crippen molar-refractivity contribution in [3.05, 3.63) is 29.8 Å². The number of anilines is 1. The Morgan fingerprint density at radius 2 is 2.19 bits per heavy atom. The maximum Gasteiger partial charge on any atom is 0.188 e. The van der Waals surface area contributed by atoms with Crippen LogP contribution in [-0.4, -0.2) is 31.6 Å². The van der Waals surface area contributed by atoms with E-state index in [1.807, 2.05) is 0 Å². The number of rotatable bonds is 5. The molecule has 0 aromatic heterocycles. The zero-order valence-corrected chi connectivity index (χ0v) is 12.9. The lowest BCUT2D eigenvalue weighted by Crippen LogP contribution is -2.40. The predicted octanol–water partition coefficient (Wildman–Crippen LogP) is 2.14. The van der Waals surface area contributed by atoms with Gasteiger partial charge in [-0.2, -0.15) is 0 Å². The number of nitrogens with two attached hydrogens (primary N) is 1. The van der Waals surface area contributed by atoms with E-state index in [1.54, 1.807) is 0 Å². The van der Waals surface area contributed by atoms with Crippen LogP contribution in [0.1, 0.15) is 31.7 Å². The molecule has 4 nitrogen and oxygen atoms in total. The van der Waals surface area contributed by atoms with Crippen molar-refractivity contribution in [2.75, 3.05) is 24.5 Å². The number of fused-ring (bicyclic) bond motifs is 1. The van der Waals surface area contributed by atoms with Gasteiger partial charge in [0.1, 0.15) is 0 Å². The van der Waals surface area contributed by atoms with Gasteiger partial charge < -0.3 is 16.0 Å². The molecule has 1 unspecified atom stereocenters. The Morgan fingerprint density at radius 1 is 1.38 bits per heavy atom. The number of nitrogens with one attached hydrogen (secondary N) is 1. The summed E-state index contributed by atoms with van der Waals surface area (Å²) in [6, 6.07) is 9.25. The number of benzene rings is 1. The van der Waals surface area contributed by atoms with Crippen molar-refractivity contribution >= 4 is 11.6 Å². The predicted molar refractivity (Wildman–Crippen MR) is 88.8 cm³/mol. The Balaban J connectivity index is 1.46. The first-order valence-corrected chi connectivity index (χ1v) is 8.12. The van der Waals surface area contributed by atoms with E-state index in [2.05, 4.69) is 46.4 Å². The molecular formula is C17H26N4. The number of nitrogens with zero attached hydrogens (tertiary/aromatic N) is 2. The van der Waals surface area contributed by atoms with Crippen molar-refractivity contribution in [3.8, 4) is 0 Å². The van der Waals surface area contributed by atoms with E-state index < -0.39 is 0 Å². The minimum Gasteiger partial charge on any atom is -0.370 e. The molecule has 1 aliphatic heterocycles. The fraction of sp³-hybridized carbons (Fsp3) is 0.588. The first-order valence-electron chi connectivity index (χ1n) is 8.12. The molecule has 0 spiro atoms. The van der Waals surface area contributed by atoms with E-state index in [0.717, 1.165) is 32.0 Å². The number of para-hydroxylation sites is 1. The van der Waals surface area contributed by atoms with Crippen molar-refractivity contribution in [1.82, 2.24) is 5.32 Å². The molecule has 4 heteroatoms. The first kappa shape index (κ1) is 14.2. The van der Waals surface area contributed by atoms with Crippen molar-refractivity contribution in [3.63, 3.8) is 0 Å². The molecule has 2 aliphatic rings. The van der Waals surface area contributed by atoms with Crippen molar-refractivity contribution < 1.29 is 0 Å². The van der Waals surface area contributed by atoms with Gasteiger partial charge in [-0.25, -0.2) is 0 Å². The molecule has 3 N–H and O–H groups in total. The molecular weight excluding hydrogens is 260 g/mol. The summed E-state index contributed by atoms with van der Waals surface area (Å²) in [5, 5.41) is 3.25. The number of hydrogen-bond acceptors (Lipinski definition) is 2. The zero-order valence-electron chi connectivity index (χ0n) is 12.9. The van der Waals surface area contributed by atoms with E-state index in [9.17, 15) is 0 Å². The lowest BCUT2D eigenvalue weighted by molar-refractivity contribution is 0.326. The van der Waals surface area contributed by atoms with E-state index in [0.29, 0.717) is 12.0 Å². The van der Waals surface area contributed by atoms with Crippen molar-refractivity contribution in [2.45, 2.75) is 38.6 Å². The van der Waals surface area contributed by atoms with Crippen LogP contribution in [0.4, 0.5) is 5.69 Å². The molecule has 1 aromatic rings. The SMILES string of the molecule is CC1Cc2ccccc2N1CCNC(N)=NCC1CCC1. The van der Waals surface area contributed by atoms with Gasteiger partial charge in [-0.3, -0.25) is 4.99 Å². The Hall–Kier alpha value is -1.71. The number of hydrogen-bond donors (Lipinski definition) is 2. The lowest BCUT2D eigenvalue weighted by atomic mass is 9.86. The topological polar surface area (TPSA) is 53.6 Å². The van der Waals surface area contributed by atoms with Crippen LogP contribution in [0.25, 0.3) is 0 Å². The number of guanidine groups is 1. The second kappa shape index (κ2) is 6.37. The molecule has 1 heterocycles. The highest BCUT2D eigenvalue weighted by molar-refractivity contribution is 5.77. The molecule has 0 bridgehead atoms. The van der Waals surface area contributed by atoms with Crippen LogP contribution in [0.3, 0.4) is 0 Å². The molecule has 0 amide bonds. The molecule has 1 aliphatic carbocycles. The highest BCUT2D eigenvalue weighted by Gasteiger charge is 2.24. The summed E-state index contributed by atoms with van der Waals surface area (Å²) >= 11 is 0. The van der Waals surface area contributed by atoms with Crippen molar-refractivity contribution in [1.29, 1.82) is 0 Å². The zero-order chi connectivity index (χ0) is 14.7. The van der Waals surface area contributed by atoms with Gasteiger partial charge in [0.2, 0.25) is 0 Å². The molecule has 114 valence electrons. The van der Waals surface area contributed by atoms with Crippen LogP contribution in [0.15, 0.2) is 29.3 Å². The van der Waals surface area contributed by atoms with Crippen LogP contribution in [0, 0.1) is 5.92 Å². The largest absolute Gasteiger partial charge is 0.370 e.